The molecule has 0 saturated carbocycles. The first-order valence-corrected chi connectivity index (χ1v) is 5.34. The highest BCUT2D eigenvalue weighted by Gasteiger charge is 2.28. The number of ether oxygens (including phenoxy) is 1. The Hall–Kier alpha value is -2.56. The Labute approximate surface area is 110 Å². The van der Waals surface area contributed by atoms with E-state index in [2.05, 4.69) is 5.10 Å². The molecule has 4 nitrogen and oxygen atoms in total. The largest absolute Gasteiger partial charge is 0.453 e. The van der Waals surface area contributed by atoms with Crippen LogP contribution in [0.3, 0.4) is 0 Å². The average molecular weight is 285 g/mol. The first kappa shape index (κ1) is 13.9. The van der Waals surface area contributed by atoms with Crippen LogP contribution < -0.4 is 4.74 Å². The van der Waals surface area contributed by atoms with Crippen molar-refractivity contribution in [1.82, 2.24) is 9.78 Å². The normalized spacial score (nSPS) is 11.2. The van der Waals surface area contributed by atoms with Gasteiger partial charge in [0, 0.05) is 0 Å². The molecule has 0 N–H and O–H groups in total. The Morgan fingerprint density at radius 3 is 2.75 bits per heavy atom. The van der Waals surface area contributed by atoms with Crippen LogP contribution in [0.25, 0.3) is 0 Å². The molecule has 0 aliphatic rings. The fourth-order valence-electron chi connectivity index (χ4n) is 1.47. The lowest BCUT2D eigenvalue weighted by Crippen LogP contribution is -2.17. The Bertz CT molecular complexity index is 657. The number of alkyl halides is 3. The molecule has 0 radical (unpaired) electrons. The van der Waals surface area contributed by atoms with E-state index in [0.29, 0.717) is 4.68 Å². The molecule has 0 aliphatic heterocycles. The summed E-state index contributed by atoms with van der Waals surface area (Å²) in [5.74, 6) is -0.542. The smallest absolute Gasteiger partial charge is 0.408 e. The summed E-state index contributed by atoms with van der Waals surface area (Å²) in [6.45, 7) is -1.25. The maximum Gasteiger partial charge on any atom is 0.408 e. The maximum absolute atomic E-state index is 12.9. The van der Waals surface area contributed by atoms with E-state index < -0.39 is 18.5 Å². The van der Waals surface area contributed by atoms with Gasteiger partial charge in [0.1, 0.15) is 24.2 Å². The van der Waals surface area contributed by atoms with Crippen LogP contribution in [0.4, 0.5) is 17.6 Å². The summed E-state index contributed by atoms with van der Waals surface area (Å²) in [5, 5.41) is 12.3. The minimum atomic E-state index is -4.39. The molecule has 1 aromatic carbocycles. The molecule has 1 heterocycles. The molecule has 0 amide bonds. The van der Waals surface area contributed by atoms with E-state index in [4.69, 9.17) is 10.00 Å². The van der Waals surface area contributed by atoms with Crippen molar-refractivity contribution in [3.8, 4) is 17.6 Å². The zero-order valence-corrected chi connectivity index (χ0v) is 9.86. The van der Waals surface area contributed by atoms with Gasteiger partial charge in [-0.2, -0.15) is 23.5 Å². The van der Waals surface area contributed by atoms with Crippen molar-refractivity contribution in [1.29, 1.82) is 5.26 Å². The number of nitriles is 1. The molecule has 0 spiro atoms. The number of rotatable bonds is 3. The van der Waals surface area contributed by atoms with E-state index in [1.165, 1.54) is 6.07 Å². The van der Waals surface area contributed by atoms with Gasteiger partial charge in [-0.3, -0.25) is 4.68 Å². The zero-order chi connectivity index (χ0) is 14.8. The Morgan fingerprint density at radius 2 is 2.10 bits per heavy atom. The molecule has 0 aliphatic carbocycles. The van der Waals surface area contributed by atoms with Crippen molar-refractivity contribution in [3.63, 3.8) is 0 Å². The quantitative estimate of drug-likeness (QED) is 0.813. The third-order valence-electron chi connectivity index (χ3n) is 2.24. The molecular weight excluding hydrogens is 278 g/mol. The molecule has 0 unspecified atom stereocenters. The monoisotopic (exact) mass is 285 g/mol. The van der Waals surface area contributed by atoms with Gasteiger partial charge in [0.25, 0.3) is 0 Å². The molecular formula is C12H7F4N3O. The van der Waals surface area contributed by atoms with Crippen molar-refractivity contribution < 1.29 is 22.3 Å². The Balaban J connectivity index is 2.17. The summed E-state index contributed by atoms with van der Waals surface area (Å²) >= 11 is 0. The predicted molar refractivity (Wildman–Crippen MR) is 59.5 cm³/mol. The van der Waals surface area contributed by atoms with E-state index in [-0.39, 0.29) is 17.1 Å². The number of halogens is 4. The van der Waals surface area contributed by atoms with Crippen LogP contribution in [0.5, 0.6) is 11.5 Å². The van der Waals surface area contributed by atoms with E-state index in [9.17, 15) is 17.6 Å². The highest BCUT2D eigenvalue weighted by molar-refractivity contribution is 5.44. The van der Waals surface area contributed by atoms with Gasteiger partial charge in [-0.05, 0) is 18.2 Å². The van der Waals surface area contributed by atoms with Crippen molar-refractivity contribution in [2.75, 3.05) is 0 Å². The minimum absolute atomic E-state index is 0.0253. The highest BCUT2D eigenvalue weighted by Crippen LogP contribution is 2.26. The van der Waals surface area contributed by atoms with Crippen molar-refractivity contribution in [2.45, 2.75) is 12.7 Å². The number of aromatic nitrogens is 2. The molecule has 104 valence electrons. The van der Waals surface area contributed by atoms with Crippen LogP contribution in [0, 0.1) is 17.1 Å². The standard InChI is InChI=1S/C12H7F4N3O/c13-9-1-2-11(8(3-9)4-17)20-10-5-18-19(6-10)7-12(14,15)16/h1-3,5-6H,7H2. The van der Waals surface area contributed by atoms with Crippen LogP contribution in [0.15, 0.2) is 30.6 Å². The molecule has 0 saturated heterocycles. The molecule has 0 fully saturated rings. The second-order valence-corrected chi connectivity index (χ2v) is 3.84. The predicted octanol–water partition coefficient (Wildman–Crippen LogP) is 3.25. The number of nitrogens with zero attached hydrogens (tertiary/aromatic N) is 3. The highest BCUT2D eigenvalue weighted by atomic mass is 19.4. The topological polar surface area (TPSA) is 50.8 Å². The third-order valence-corrected chi connectivity index (χ3v) is 2.24. The van der Waals surface area contributed by atoms with Crippen molar-refractivity contribution in [2.24, 2.45) is 0 Å². The second-order valence-electron chi connectivity index (χ2n) is 3.84. The molecule has 2 rings (SSSR count). The maximum atomic E-state index is 12.9. The summed E-state index contributed by atoms with van der Waals surface area (Å²) in [6, 6.07) is 4.99. The van der Waals surface area contributed by atoms with E-state index in [1.54, 1.807) is 6.07 Å². The van der Waals surface area contributed by atoms with Crippen LogP contribution in [0.2, 0.25) is 0 Å². The molecule has 0 bridgehead atoms. The summed E-state index contributed by atoms with van der Waals surface area (Å²) in [6.07, 6.45) is -2.27. The number of hydrogen-bond acceptors (Lipinski definition) is 3. The number of hydrogen-bond donors (Lipinski definition) is 0. The molecule has 0 atom stereocenters. The van der Waals surface area contributed by atoms with E-state index >= 15 is 0 Å². The van der Waals surface area contributed by atoms with Gasteiger partial charge >= 0.3 is 6.18 Å². The van der Waals surface area contributed by atoms with E-state index in [1.807, 2.05) is 0 Å². The summed E-state index contributed by atoms with van der Waals surface area (Å²) in [7, 11) is 0. The van der Waals surface area contributed by atoms with E-state index in [0.717, 1.165) is 24.5 Å². The fourth-order valence-corrected chi connectivity index (χ4v) is 1.47. The van der Waals surface area contributed by atoms with Crippen LogP contribution >= 0.6 is 0 Å². The van der Waals surface area contributed by atoms with Gasteiger partial charge in [0.05, 0.1) is 18.0 Å². The third kappa shape index (κ3) is 3.47. The van der Waals surface area contributed by atoms with Crippen LogP contribution in [-0.4, -0.2) is 16.0 Å². The van der Waals surface area contributed by atoms with Crippen molar-refractivity contribution >= 4 is 0 Å². The van der Waals surface area contributed by atoms with Gasteiger partial charge in [0.2, 0.25) is 0 Å². The molecule has 2 aromatic rings. The van der Waals surface area contributed by atoms with Crippen LogP contribution in [0.1, 0.15) is 5.56 Å². The fraction of sp³-hybridized carbons (Fsp3) is 0.167. The van der Waals surface area contributed by atoms with Gasteiger partial charge in [-0.1, -0.05) is 0 Å². The summed E-state index contributed by atoms with van der Waals surface area (Å²) < 4.78 is 55.2. The Kier molecular flexibility index (Phi) is 3.61. The zero-order valence-electron chi connectivity index (χ0n) is 9.86. The molecule has 20 heavy (non-hydrogen) atoms. The lowest BCUT2D eigenvalue weighted by Gasteiger charge is -2.06. The van der Waals surface area contributed by atoms with Gasteiger partial charge < -0.3 is 4.74 Å². The summed E-state index contributed by atoms with van der Waals surface area (Å²) in [5.41, 5.74) is -0.0615. The minimum Gasteiger partial charge on any atom is -0.453 e. The summed E-state index contributed by atoms with van der Waals surface area (Å²) in [4.78, 5) is 0. The number of benzene rings is 1. The lowest BCUT2D eigenvalue weighted by molar-refractivity contribution is -0.142. The molecule has 1 aromatic heterocycles. The average Bonchev–Trinajstić information content (AvgIpc) is 2.76. The lowest BCUT2D eigenvalue weighted by atomic mass is 10.2. The van der Waals surface area contributed by atoms with Crippen LogP contribution in [-0.2, 0) is 6.54 Å². The second kappa shape index (κ2) is 5.21. The first-order valence-electron chi connectivity index (χ1n) is 5.34. The van der Waals surface area contributed by atoms with Gasteiger partial charge in [-0.15, -0.1) is 0 Å². The Morgan fingerprint density at radius 1 is 1.35 bits per heavy atom. The first-order chi connectivity index (χ1) is 9.37. The van der Waals surface area contributed by atoms with Gasteiger partial charge in [0.15, 0.2) is 5.75 Å². The van der Waals surface area contributed by atoms with Crippen molar-refractivity contribution in [3.05, 3.63) is 42.0 Å². The SMILES string of the molecule is N#Cc1cc(F)ccc1Oc1cnn(CC(F)(F)F)c1. The van der Waals surface area contributed by atoms with Gasteiger partial charge in [-0.25, -0.2) is 4.39 Å². The molecule has 8 heteroatoms.